The lowest BCUT2D eigenvalue weighted by molar-refractivity contribution is 0.289. The molecular formula is C19H32FIN4O2S. The zero-order valence-corrected chi connectivity index (χ0v) is 19.9. The van der Waals surface area contributed by atoms with E-state index in [4.69, 9.17) is 0 Å². The summed E-state index contributed by atoms with van der Waals surface area (Å²) in [6.45, 7) is 4.34. The highest BCUT2D eigenvalue weighted by Crippen LogP contribution is 2.14. The number of rotatable bonds is 7. The first-order valence-corrected chi connectivity index (χ1v) is 11.6. The molecule has 28 heavy (non-hydrogen) atoms. The number of nitrogens with one attached hydrogen (secondary N) is 2. The van der Waals surface area contributed by atoms with Gasteiger partial charge in [0.1, 0.15) is 5.82 Å². The molecule has 1 fully saturated rings. The number of hydrogen-bond acceptors (Lipinski definition) is 4. The molecule has 0 spiro atoms. The lowest BCUT2D eigenvalue weighted by Crippen LogP contribution is -2.41. The van der Waals surface area contributed by atoms with Crippen molar-refractivity contribution in [2.75, 3.05) is 39.5 Å². The van der Waals surface area contributed by atoms with Crippen LogP contribution in [0.25, 0.3) is 0 Å². The predicted molar refractivity (Wildman–Crippen MR) is 123 cm³/mol. The molecule has 160 valence electrons. The Morgan fingerprint density at radius 3 is 2.43 bits per heavy atom. The highest BCUT2D eigenvalue weighted by Gasteiger charge is 2.12. The van der Waals surface area contributed by atoms with E-state index in [9.17, 15) is 12.8 Å². The standard InChI is InChI=1S/C19H31FN4O2S.HI/c1-21-19(22-9-12-24-10-5-3-4-6-11-24)23-14-17-13-18(20)8-7-16(17)15-27(2,25)26;/h7-8,13H,3-6,9-12,14-15H2,1-2H3,(H2,21,22,23);1H. The van der Waals surface area contributed by atoms with Crippen LogP contribution in [0.4, 0.5) is 4.39 Å². The van der Waals surface area contributed by atoms with Crippen molar-refractivity contribution in [2.24, 2.45) is 4.99 Å². The maximum atomic E-state index is 13.6. The number of guanidine groups is 1. The van der Waals surface area contributed by atoms with Gasteiger partial charge in [0.2, 0.25) is 0 Å². The van der Waals surface area contributed by atoms with Crippen LogP contribution < -0.4 is 10.6 Å². The number of sulfone groups is 1. The molecule has 1 saturated heterocycles. The molecular weight excluding hydrogens is 494 g/mol. The molecule has 2 N–H and O–H groups in total. The number of hydrogen-bond donors (Lipinski definition) is 2. The van der Waals surface area contributed by atoms with E-state index in [0.29, 0.717) is 23.6 Å². The smallest absolute Gasteiger partial charge is 0.191 e. The Hall–Kier alpha value is -0.940. The molecule has 1 aliphatic rings. The van der Waals surface area contributed by atoms with Crippen LogP contribution in [-0.2, 0) is 22.1 Å². The quantitative estimate of drug-likeness (QED) is 0.325. The van der Waals surface area contributed by atoms with Gasteiger partial charge >= 0.3 is 0 Å². The third kappa shape index (κ3) is 9.51. The highest BCUT2D eigenvalue weighted by molar-refractivity contribution is 14.0. The maximum Gasteiger partial charge on any atom is 0.191 e. The minimum absolute atomic E-state index is 0. The summed E-state index contributed by atoms with van der Waals surface area (Å²) in [5, 5.41) is 6.42. The van der Waals surface area contributed by atoms with Crippen LogP contribution in [0.3, 0.4) is 0 Å². The molecule has 9 heteroatoms. The predicted octanol–water partition coefficient (Wildman–Crippen LogP) is 2.53. The van der Waals surface area contributed by atoms with Crippen LogP contribution in [0.15, 0.2) is 23.2 Å². The largest absolute Gasteiger partial charge is 0.355 e. The van der Waals surface area contributed by atoms with Gasteiger partial charge in [0.05, 0.1) is 5.75 Å². The van der Waals surface area contributed by atoms with E-state index < -0.39 is 9.84 Å². The van der Waals surface area contributed by atoms with Crippen molar-refractivity contribution in [3.63, 3.8) is 0 Å². The van der Waals surface area contributed by atoms with Crippen LogP contribution in [0.1, 0.15) is 36.8 Å². The Labute approximate surface area is 185 Å². The summed E-state index contributed by atoms with van der Waals surface area (Å²) in [6, 6.07) is 4.19. The molecule has 0 aliphatic carbocycles. The summed E-state index contributed by atoms with van der Waals surface area (Å²) < 4.78 is 36.8. The van der Waals surface area contributed by atoms with Crippen LogP contribution in [0.2, 0.25) is 0 Å². The van der Waals surface area contributed by atoms with Gasteiger partial charge in [0, 0.05) is 32.9 Å². The molecule has 1 heterocycles. The van der Waals surface area contributed by atoms with Gasteiger partial charge in [0.25, 0.3) is 0 Å². The molecule has 0 amide bonds. The fourth-order valence-corrected chi connectivity index (χ4v) is 4.12. The van der Waals surface area contributed by atoms with Crippen molar-refractivity contribution in [3.8, 4) is 0 Å². The number of nitrogens with zero attached hydrogens (tertiary/aromatic N) is 2. The third-order valence-corrected chi connectivity index (χ3v) is 5.51. The first-order chi connectivity index (χ1) is 12.9. The van der Waals surface area contributed by atoms with Gasteiger partial charge in [-0.25, -0.2) is 12.8 Å². The van der Waals surface area contributed by atoms with Crippen molar-refractivity contribution in [2.45, 2.75) is 38.0 Å². The van der Waals surface area contributed by atoms with E-state index in [2.05, 4.69) is 20.5 Å². The molecule has 0 aromatic heterocycles. The Morgan fingerprint density at radius 1 is 1.14 bits per heavy atom. The van der Waals surface area contributed by atoms with Crippen LogP contribution >= 0.6 is 24.0 Å². The van der Waals surface area contributed by atoms with Crippen LogP contribution in [-0.4, -0.2) is 58.8 Å². The van der Waals surface area contributed by atoms with E-state index >= 15 is 0 Å². The Kier molecular flexibility index (Phi) is 11.3. The second-order valence-corrected chi connectivity index (χ2v) is 9.23. The van der Waals surface area contributed by atoms with Gasteiger partial charge in [-0.2, -0.15) is 0 Å². The molecule has 0 unspecified atom stereocenters. The summed E-state index contributed by atoms with van der Waals surface area (Å²) >= 11 is 0. The highest BCUT2D eigenvalue weighted by atomic mass is 127. The second kappa shape index (κ2) is 12.6. The van der Waals surface area contributed by atoms with Gasteiger partial charge in [-0.3, -0.25) is 4.99 Å². The molecule has 0 bridgehead atoms. The first-order valence-electron chi connectivity index (χ1n) is 9.49. The zero-order chi connectivity index (χ0) is 19.7. The van der Waals surface area contributed by atoms with Gasteiger partial charge in [-0.1, -0.05) is 18.9 Å². The second-order valence-electron chi connectivity index (χ2n) is 7.09. The topological polar surface area (TPSA) is 73.8 Å². The molecule has 0 radical (unpaired) electrons. The van der Waals surface area contributed by atoms with Crippen LogP contribution in [0.5, 0.6) is 0 Å². The van der Waals surface area contributed by atoms with Gasteiger partial charge < -0.3 is 15.5 Å². The number of likely N-dealkylation sites (tertiary alicyclic amines) is 1. The summed E-state index contributed by atoms with van der Waals surface area (Å²) in [6.07, 6.45) is 6.33. The molecule has 6 nitrogen and oxygen atoms in total. The Morgan fingerprint density at radius 2 is 1.82 bits per heavy atom. The van der Waals surface area contributed by atoms with Gasteiger partial charge in [0.15, 0.2) is 15.8 Å². The van der Waals surface area contributed by atoms with E-state index in [0.717, 1.165) is 26.2 Å². The van der Waals surface area contributed by atoms with Crippen molar-refractivity contribution in [1.29, 1.82) is 0 Å². The molecule has 0 saturated carbocycles. The maximum absolute atomic E-state index is 13.6. The van der Waals surface area contributed by atoms with E-state index in [-0.39, 0.29) is 35.5 Å². The van der Waals surface area contributed by atoms with Crippen LogP contribution in [0, 0.1) is 5.82 Å². The van der Waals surface area contributed by atoms with Crippen molar-refractivity contribution < 1.29 is 12.8 Å². The average molecular weight is 526 g/mol. The average Bonchev–Trinajstić information content (AvgIpc) is 2.87. The fourth-order valence-electron chi connectivity index (χ4n) is 3.27. The van der Waals surface area contributed by atoms with E-state index in [1.165, 1.54) is 50.1 Å². The summed E-state index contributed by atoms with van der Waals surface area (Å²) in [5.74, 6) is 0.137. The first kappa shape index (κ1) is 25.1. The normalized spacial score (nSPS) is 16.2. The van der Waals surface area contributed by atoms with Crippen molar-refractivity contribution >= 4 is 39.8 Å². The zero-order valence-electron chi connectivity index (χ0n) is 16.7. The monoisotopic (exact) mass is 526 g/mol. The van der Waals surface area contributed by atoms with E-state index in [1.807, 2.05) is 0 Å². The summed E-state index contributed by atoms with van der Waals surface area (Å²) in [7, 11) is -1.50. The number of halogens is 2. The van der Waals surface area contributed by atoms with Gasteiger partial charge in [-0.05, 0) is 49.2 Å². The minimum Gasteiger partial charge on any atom is -0.355 e. The third-order valence-electron chi connectivity index (χ3n) is 4.68. The van der Waals surface area contributed by atoms with E-state index in [1.54, 1.807) is 7.05 Å². The van der Waals surface area contributed by atoms with Crippen molar-refractivity contribution in [1.82, 2.24) is 15.5 Å². The summed E-state index contributed by atoms with van der Waals surface area (Å²) in [5.41, 5.74) is 1.22. The van der Waals surface area contributed by atoms with Gasteiger partial charge in [-0.15, -0.1) is 24.0 Å². The lowest BCUT2D eigenvalue weighted by atomic mass is 10.1. The summed E-state index contributed by atoms with van der Waals surface area (Å²) in [4.78, 5) is 6.66. The Balaban J connectivity index is 0.00000392. The number of aliphatic imine (C=N–C) groups is 1. The molecule has 1 aromatic rings. The molecule has 1 aromatic carbocycles. The Bertz CT molecular complexity index is 735. The number of benzene rings is 1. The fraction of sp³-hybridized carbons (Fsp3) is 0.632. The minimum atomic E-state index is -3.19. The molecule has 0 atom stereocenters. The SMILES string of the molecule is CN=C(NCCN1CCCCCC1)NCc1cc(F)ccc1CS(C)(=O)=O.I. The molecule has 2 rings (SSSR count). The lowest BCUT2D eigenvalue weighted by Gasteiger charge is -2.21. The molecule has 1 aliphatic heterocycles. The van der Waals surface area contributed by atoms with Crippen molar-refractivity contribution in [3.05, 3.63) is 35.1 Å².